The number of aryl methyl sites for hydroxylation is 2. The quantitative estimate of drug-likeness (QED) is 0.632. The number of rotatable bonds is 6. The van der Waals surface area contributed by atoms with Gasteiger partial charge in [0.2, 0.25) is 11.8 Å². The van der Waals surface area contributed by atoms with Gasteiger partial charge in [0.05, 0.1) is 5.41 Å². The highest BCUT2D eigenvalue weighted by Gasteiger charge is 2.42. The molecule has 1 aliphatic rings. The van der Waals surface area contributed by atoms with Gasteiger partial charge in [-0.05, 0) is 49.8 Å². The van der Waals surface area contributed by atoms with Gasteiger partial charge in [0, 0.05) is 20.1 Å². The Morgan fingerprint density at radius 1 is 1.00 bits per heavy atom. The van der Waals surface area contributed by atoms with Crippen LogP contribution in [0, 0.1) is 19.3 Å². The van der Waals surface area contributed by atoms with Gasteiger partial charge >= 0.3 is 0 Å². The van der Waals surface area contributed by atoms with Crippen molar-refractivity contribution in [2.45, 2.75) is 39.7 Å². The molecule has 0 radical (unpaired) electrons. The molecule has 3 aromatic rings. The number of hydrogen-bond donors (Lipinski definition) is 1. The lowest BCUT2D eigenvalue weighted by Crippen LogP contribution is -2.51. The van der Waals surface area contributed by atoms with Crippen molar-refractivity contribution in [3.05, 3.63) is 71.8 Å². The standard InChI is InChI=1S/C26H31N5O2/c1-19-28-20(2)31(29-19)18-24(32)30-15-13-26(14-16-30,25(33)27-3)17-22-11-7-8-12-23(22)21-9-5-4-6-10-21/h4-12H,13-18H2,1-3H3,(H,27,33). The molecule has 2 amide bonds. The van der Waals surface area contributed by atoms with E-state index >= 15 is 0 Å². The summed E-state index contributed by atoms with van der Waals surface area (Å²) in [5.74, 6) is 1.45. The first-order valence-electron chi connectivity index (χ1n) is 11.4. The Kier molecular flexibility index (Phi) is 6.58. The Labute approximate surface area is 194 Å². The lowest BCUT2D eigenvalue weighted by molar-refractivity contribution is -0.140. The second-order valence-corrected chi connectivity index (χ2v) is 8.80. The maximum Gasteiger partial charge on any atom is 0.244 e. The van der Waals surface area contributed by atoms with Gasteiger partial charge in [-0.3, -0.25) is 9.59 Å². The Morgan fingerprint density at radius 3 is 2.30 bits per heavy atom. The van der Waals surface area contributed by atoms with E-state index in [1.165, 1.54) is 0 Å². The smallest absolute Gasteiger partial charge is 0.244 e. The molecule has 0 atom stereocenters. The lowest BCUT2D eigenvalue weighted by atomic mass is 9.72. The van der Waals surface area contributed by atoms with Crippen LogP contribution in [0.3, 0.4) is 0 Å². The van der Waals surface area contributed by atoms with E-state index in [9.17, 15) is 9.59 Å². The molecule has 0 saturated carbocycles. The number of hydrogen-bond acceptors (Lipinski definition) is 4. The first kappa shape index (κ1) is 22.7. The van der Waals surface area contributed by atoms with Crippen LogP contribution in [0.2, 0.25) is 0 Å². The lowest BCUT2D eigenvalue weighted by Gasteiger charge is -2.41. The fourth-order valence-electron chi connectivity index (χ4n) is 4.81. The van der Waals surface area contributed by atoms with E-state index in [1.807, 2.05) is 49.1 Å². The number of carbonyl (C=O) groups is 2. The zero-order valence-electron chi connectivity index (χ0n) is 19.5. The third-order valence-electron chi connectivity index (χ3n) is 6.66. The van der Waals surface area contributed by atoms with Crippen molar-refractivity contribution in [2.75, 3.05) is 20.1 Å². The number of amides is 2. The monoisotopic (exact) mass is 445 g/mol. The van der Waals surface area contributed by atoms with Crippen LogP contribution in [0.4, 0.5) is 0 Å². The van der Waals surface area contributed by atoms with Gasteiger partial charge in [0.15, 0.2) is 0 Å². The van der Waals surface area contributed by atoms with Gasteiger partial charge in [-0.15, -0.1) is 0 Å². The normalized spacial score (nSPS) is 15.3. The maximum atomic E-state index is 13.1. The fraction of sp³-hybridized carbons (Fsp3) is 0.385. The molecule has 2 aromatic carbocycles. The van der Waals surface area contributed by atoms with E-state index in [0.717, 1.165) is 22.5 Å². The minimum atomic E-state index is -0.545. The van der Waals surface area contributed by atoms with Crippen LogP contribution in [0.5, 0.6) is 0 Å². The summed E-state index contributed by atoms with van der Waals surface area (Å²) < 4.78 is 1.65. The molecule has 4 rings (SSSR count). The summed E-state index contributed by atoms with van der Waals surface area (Å²) in [6, 6.07) is 18.6. The summed E-state index contributed by atoms with van der Waals surface area (Å²) in [5, 5.41) is 7.19. The van der Waals surface area contributed by atoms with E-state index < -0.39 is 5.41 Å². The SMILES string of the molecule is CNC(=O)C1(Cc2ccccc2-c2ccccc2)CCN(C(=O)Cn2nc(C)nc2C)CC1. The minimum Gasteiger partial charge on any atom is -0.359 e. The maximum absolute atomic E-state index is 13.1. The van der Waals surface area contributed by atoms with Crippen molar-refractivity contribution in [2.24, 2.45) is 5.41 Å². The van der Waals surface area contributed by atoms with E-state index in [1.54, 1.807) is 11.7 Å². The number of carbonyl (C=O) groups excluding carboxylic acids is 2. The Bertz CT molecular complexity index is 1130. The van der Waals surface area contributed by atoms with Gasteiger partial charge in [0.1, 0.15) is 18.2 Å². The van der Waals surface area contributed by atoms with E-state index in [2.05, 4.69) is 39.7 Å². The Morgan fingerprint density at radius 2 is 1.67 bits per heavy atom. The van der Waals surface area contributed by atoms with Crippen LogP contribution >= 0.6 is 0 Å². The van der Waals surface area contributed by atoms with Crippen molar-refractivity contribution in [3.8, 4) is 11.1 Å². The van der Waals surface area contributed by atoms with Gasteiger partial charge in [-0.1, -0.05) is 54.6 Å². The molecule has 7 nitrogen and oxygen atoms in total. The predicted molar refractivity (Wildman–Crippen MR) is 127 cm³/mol. The summed E-state index contributed by atoms with van der Waals surface area (Å²) in [7, 11) is 1.69. The number of aromatic nitrogens is 3. The molecule has 1 saturated heterocycles. The average Bonchev–Trinajstić information content (AvgIpc) is 3.16. The van der Waals surface area contributed by atoms with Gasteiger partial charge < -0.3 is 10.2 Å². The Balaban J connectivity index is 1.52. The van der Waals surface area contributed by atoms with Crippen molar-refractivity contribution in [3.63, 3.8) is 0 Å². The molecule has 0 bridgehead atoms. The average molecular weight is 446 g/mol. The summed E-state index contributed by atoms with van der Waals surface area (Å²) in [6.07, 6.45) is 1.88. The zero-order chi connectivity index (χ0) is 23.4. The van der Waals surface area contributed by atoms with Crippen LogP contribution in [-0.2, 0) is 22.6 Å². The number of benzene rings is 2. The molecule has 172 valence electrons. The molecule has 0 aliphatic carbocycles. The second kappa shape index (κ2) is 9.57. The molecule has 1 N–H and O–H groups in total. The molecule has 1 aliphatic heterocycles. The molecular weight excluding hydrogens is 414 g/mol. The third kappa shape index (κ3) is 4.82. The molecular formula is C26H31N5O2. The van der Waals surface area contributed by atoms with Crippen molar-refractivity contribution < 1.29 is 9.59 Å². The second-order valence-electron chi connectivity index (χ2n) is 8.80. The van der Waals surface area contributed by atoms with E-state index in [4.69, 9.17) is 0 Å². The molecule has 1 fully saturated rings. The molecule has 0 spiro atoms. The van der Waals surface area contributed by atoms with Crippen LogP contribution in [0.1, 0.15) is 30.1 Å². The van der Waals surface area contributed by atoms with Crippen molar-refractivity contribution >= 4 is 11.8 Å². The summed E-state index contributed by atoms with van der Waals surface area (Å²) >= 11 is 0. The number of piperidine rings is 1. The van der Waals surface area contributed by atoms with Crippen LogP contribution in [-0.4, -0.2) is 51.6 Å². The van der Waals surface area contributed by atoms with Crippen LogP contribution in [0.25, 0.3) is 11.1 Å². The summed E-state index contributed by atoms with van der Waals surface area (Å²) in [4.78, 5) is 32.2. The summed E-state index contributed by atoms with van der Waals surface area (Å²) in [6.45, 7) is 4.94. The fourth-order valence-corrected chi connectivity index (χ4v) is 4.81. The van der Waals surface area contributed by atoms with Crippen LogP contribution in [0.15, 0.2) is 54.6 Å². The molecule has 33 heavy (non-hydrogen) atoms. The minimum absolute atomic E-state index is 0.0122. The number of nitrogens with one attached hydrogen (secondary N) is 1. The van der Waals surface area contributed by atoms with Crippen molar-refractivity contribution in [1.82, 2.24) is 25.0 Å². The molecule has 7 heteroatoms. The van der Waals surface area contributed by atoms with Crippen LogP contribution < -0.4 is 5.32 Å². The van der Waals surface area contributed by atoms with Gasteiger partial charge in [-0.25, -0.2) is 9.67 Å². The first-order valence-corrected chi connectivity index (χ1v) is 11.4. The van der Waals surface area contributed by atoms with E-state index in [0.29, 0.717) is 38.2 Å². The molecule has 2 heterocycles. The van der Waals surface area contributed by atoms with E-state index in [-0.39, 0.29) is 18.4 Å². The summed E-state index contributed by atoms with van der Waals surface area (Å²) in [5.41, 5.74) is 2.90. The molecule has 1 aromatic heterocycles. The highest BCUT2D eigenvalue weighted by Crippen LogP contribution is 2.38. The van der Waals surface area contributed by atoms with Gasteiger partial charge in [-0.2, -0.15) is 5.10 Å². The largest absolute Gasteiger partial charge is 0.359 e. The Hall–Kier alpha value is -3.48. The number of nitrogens with zero attached hydrogens (tertiary/aromatic N) is 4. The first-order chi connectivity index (χ1) is 15.9. The van der Waals surface area contributed by atoms with Crippen molar-refractivity contribution in [1.29, 1.82) is 0 Å². The highest BCUT2D eigenvalue weighted by atomic mass is 16.2. The molecule has 0 unspecified atom stereocenters. The highest BCUT2D eigenvalue weighted by molar-refractivity contribution is 5.84. The topological polar surface area (TPSA) is 80.1 Å². The predicted octanol–water partition coefficient (Wildman–Crippen LogP) is 3.16. The zero-order valence-corrected chi connectivity index (χ0v) is 19.5. The third-order valence-corrected chi connectivity index (χ3v) is 6.66. The number of likely N-dealkylation sites (tertiary alicyclic amines) is 1. The van der Waals surface area contributed by atoms with Gasteiger partial charge in [0.25, 0.3) is 0 Å².